The monoisotopic (exact) mass is 309 g/mol. The Kier molecular flexibility index (Phi) is 4.76. The molecular weight excluding hydrogens is 290 g/mol. The number of ether oxygens (including phenoxy) is 1. The number of carbonyl (C=O) groups is 2. The molecule has 9 heteroatoms. The molecule has 0 aromatic carbocycles. The summed E-state index contributed by atoms with van der Waals surface area (Å²) in [6.45, 7) is 2.21. The van der Waals surface area contributed by atoms with E-state index in [2.05, 4.69) is 9.97 Å². The number of hydrogen-bond donors (Lipinski definition) is 1. The average molecular weight is 309 g/mol. The predicted octanol–water partition coefficient (Wildman–Crippen LogP) is 0.129. The lowest BCUT2D eigenvalue weighted by Crippen LogP contribution is -2.39. The lowest BCUT2D eigenvalue weighted by atomic mass is 10.3. The number of aromatic carboxylic acids is 1. The molecule has 9 nitrogen and oxygen atoms in total. The molecule has 1 aliphatic heterocycles. The molecule has 2 amide bonds. The molecular formula is C13H19N5O4. The maximum absolute atomic E-state index is 12.0. The zero-order valence-electron chi connectivity index (χ0n) is 12.8. The maximum Gasteiger partial charge on any atom is 0.354 e. The van der Waals surface area contributed by atoms with Gasteiger partial charge in [-0.3, -0.25) is 4.90 Å². The van der Waals surface area contributed by atoms with E-state index < -0.39 is 5.97 Å². The Morgan fingerprint density at radius 3 is 2.41 bits per heavy atom. The highest BCUT2D eigenvalue weighted by atomic mass is 16.5. The van der Waals surface area contributed by atoms with Gasteiger partial charge >= 0.3 is 12.0 Å². The van der Waals surface area contributed by atoms with Crippen molar-refractivity contribution in [1.29, 1.82) is 0 Å². The number of amides is 2. The fourth-order valence-electron chi connectivity index (χ4n) is 2.01. The summed E-state index contributed by atoms with van der Waals surface area (Å²) in [6, 6.07) is 0.983. The molecule has 0 aliphatic carbocycles. The standard InChI is InChI=1S/C13H19N5O4/c1-16(2)13(21)17(3)10-8-9(11(19)20)14-12(15-10)18-4-6-22-7-5-18/h8H,4-7H2,1-3H3,(H,19,20). The fourth-order valence-corrected chi connectivity index (χ4v) is 2.01. The number of carboxylic acids is 1. The van der Waals surface area contributed by atoms with Gasteiger partial charge in [-0.05, 0) is 0 Å². The Morgan fingerprint density at radius 2 is 1.86 bits per heavy atom. The summed E-state index contributed by atoms with van der Waals surface area (Å²) in [4.78, 5) is 36.2. The lowest BCUT2D eigenvalue weighted by molar-refractivity contribution is 0.0690. The Labute approximate surface area is 128 Å². The Morgan fingerprint density at radius 1 is 1.23 bits per heavy atom. The molecule has 2 heterocycles. The largest absolute Gasteiger partial charge is 0.477 e. The lowest BCUT2D eigenvalue weighted by Gasteiger charge is -2.28. The Bertz CT molecular complexity index is 572. The van der Waals surface area contributed by atoms with Crippen molar-refractivity contribution in [2.24, 2.45) is 0 Å². The molecule has 0 radical (unpaired) electrons. The van der Waals surface area contributed by atoms with Crippen molar-refractivity contribution < 1.29 is 19.4 Å². The quantitative estimate of drug-likeness (QED) is 0.847. The van der Waals surface area contributed by atoms with Gasteiger partial charge in [0.1, 0.15) is 5.82 Å². The molecule has 1 aromatic heterocycles. The third-order valence-electron chi connectivity index (χ3n) is 3.23. The van der Waals surface area contributed by atoms with Crippen LogP contribution < -0.4 is 9.80 Å². The number of hydrogen-bond acceptors (Lipinski definition) is 6. The van der Waals surface area contributed by atoms with Crippen LogP contribution in [0.25, 0.3) is 0 Å². The molecule has 1 N–H and O–H groups in total. The van der Waals surface area contributed by atoms with E-state index in [9.17, 15) is 14.7 Å². The number of carbonyl (C=O) groups excluding carboxylic acids is 1. The van der Waals surface area contributed by atoms with Crippen molar-refractivity contribution >= 4 is 23.8 Å². The summed E-state index contributed by atoms with van der Waals surface area (Å²) in [7, 11) is 4.77. The average Bonchev–Trinajstić information content (AvgIpc) is 2.53. The zero-order chi connectivity index (χ0) is 16.3. The number of rotatable bonds is 3. The van der Waals surface area contributed by atoms with E-state index in [1.54, 1.807) is 21.1 Å². The van der Waals surface area contributed by atoms with Crippen LogP contribution >= 0.6 is 0 Å². The van der Waals surface area contributed by atoms with Crippen LogP contribution in [0, 0.1) is 0 Å². The molecule has 0 saturated carbocycles. The molecule has 0 bridgehead atoms. The first-order chi connectivity index (χ1) is 10.4. The van der Waals surface area contributed by atoms with Crippen LogP contribution in [0.4, 0.5) is 16.6 Å². The Hall–Kier alpha value is -2.42. The van der Waals surface area contributed by atoms with Gasteiger partial charge in [0.2, 0.25) is 5.95 Å². The highest BCUT2D eigenvalue weighted by molar-refractivity contribution is 5.92. The summed E-state index contributed by atoms with van der Waals surface area (Å²) >= 11 is 0. The summed E-state index contributed by atoms with van der Waals surface area (Å²) in [5.41, 5.74) is -0.148. The van der Waals surface area contributed by atoms with Crippen LogP contribution in [0.1, 0.15) is 10.5 Å². The van der Waals surface area contributed by atoms with Crippen molar-refractivity contribution in [1.82, 2.24) is 14.9 Å². The van der Waals surface area contributed by atoms with Crippen LogP contribution in [-0.2, 0) is 4.74 Å². The van der Waals surface area contributed by atoms with E-state index in [1.165, 1.54) is 15.9 Å². The first-order valence-electron chi connectivity index (χ1n) is 6.80. The molecule has 1 saturated heterocycles. The van der Waals surface area contributed by atoms with Gasteiger partial charge in [0.25, 0.3) is 0 Å². The van der Waals surface area contributed by atoms with Crippen LogP contribution in [0.3, 0.4) is 0 Å². The predicted molar refractivity (Wildman–Crippen MR) is 79.5 cm³/mol. The Balaban J connectivity index is 2.38. The van der Waals surface area contributed by atoms with E-state index in [-0.39, 0.29) is 23.5 Å². The van der Waals surface area contributed by atoms with E-state index in [0.29, 0.717) is 26.3 Å². The molecule has 22 heavy (non-hydrogen) atoms. The van der Waals surface area contributed by atoms with E-state index in [0.717, 1.165) is 0 Å². The number of carboxylic acid groups (broad SMARTS) is 1. The van der Waals surface area contributed by atoms with Gasteiger partial charge in [0.05, 0.1) is 13.2 Å². The van der Waals surface area contributed by atoms with Crippen molar-refractivity contribution in [2.75, 3.05) is 57.2 Å². The minimum Gasteiger partial charge on any atom is -0.477 e. The molecule has 2 rings (SSSR count). The van der Waals surface area contributed by atoms with Gasteiger partial charge in [-0.2, -0.15) is 4.98 Å². The van der Waals surface area contributed by atoms with E-state index in [4.69, 9.17) is 4.74 Å². The summed E-state index contributed by atoms with van der Waals surface area (Å²) < 4.78 is 5.26. The van der Waals surface area contributed by atoms with Crippen LogP contribution in [0.5, 0.6) is 0 Å². The van der Waals surface area contributed by atoms with Crippen LogP contribution in [0.2, 0.25) is 0 Å². The highest BCUT2D eigenvalue weighted by Crippen LogP contribution is 2.18. The van der Waals surface area contributed by atoms with E-state index in [1.807, 2.05) is 4.90 Å². The van der Waals surface area contributed by atoms with Crippen LogP contribution in [-0.4, -0.2) is 79.4 Å². The third kappa shape index (κ3) is 3.42. The molecule has 0 spiro atoms. The molecule has 1 aromatic rings. The number of aromatic nitrogens is 2. The van der Waals surface area contributed by atoms with Gasteiger partial charge in [-0.1, -0.05) is 0 Å². The highest BCUT2D eigenvalue weighted by Gasteiger charge is 2.21. The normalized spacial score (nSPS) is 14.6. The zero-order valence-corrected chi connectivity index (χ0v) is 12.8. The second-order valence-corrected chi connectivity index (χ2v) is 5.05. The number of anilines is 2. The third-order valence-corrected chi connectivity index (χ3v) is 3.23. The smallest absolute Gasteiger partial charge is 0.354 e. The van der Waals surface area contributed by atoms with Gasteiger partial charge in [0.15, 0.2) is 5.69 Å². The molecule has 1 fully saturated rings. The summed E-state index contributed by atoms with van der Waals surface area (Å²) in [5, 5.41) is 9.21. The molecule has 0 unspecified atom stereocenters. The number of morpholine rings is 1. The number of nitrogens with zero attached hydrogens (tertiary/aromatic N) is 5. The minimum absolute atomic E-state index is 0.148. The van der Waals surface area contributed by atoms with Crippen molar-refractivity contribution in [2.45, 2.75) is 0 Å². The van der Waals surface area contributed by atoms with Gasteiger partial charge < -0.3 is 19.6 Å². The first kappa shape index (κ1) is 16.0. The fraction of sp³-hybridized carbons (Fsp3) is 0.538. The second kappa shape index (κ2) is 6.56. The first-order valence-corrected chi connectivity index (χ1v) is 6.80. The summed E-state index contributed by atoms with van der Waals surface area (Å²) in [5.74, 6) is -0.631. The topological polar surface area (TPSA) is 99.1 Å². The van der Waals surface area contributed by atoms with Gasteiger partial charge in [-0.15, -0.1) is 0 Å². The maximum atomic E-state index is 12.0. The SMILES string of the molecule is CN(C)C(=O)N(C)c1cc(C(=O)O)nc(N2CCOCC2)n1. The van der Waals surface area contributed by atoms with Gasteiger partial charge in [-0.25, -0.2) is 14.6 Å². The molecule has 0 atom stereocenters. The molecule has 120 valence electrons. The van der Waals surface area contributed by atoms with Crippen molar-refractivity contribution in [3.05, 3.63) is 11.8 Å². The summed E-state index contributed by atoms with van der Waals surface area (Å²) in [6.07, 6.45) is 0. The molecule has 1 aliphatic rings. The van der Waals surface area contributed by atoms with Crippen molar-refractivity contribution in [3.8, 4) is 0 Å². The second-order valence-electron chi connectivity index (χ2n) is 5.05. The minimum atomic E-state index is -1.16. The van der Waals surface area contributed by atoms with Gasteiger partial charge in [0, 0.05) is 40.3 Å². The van der Waals surface area contributed by atoms with E-state index >= 15 is 0 Å². The van der Waals surface area contributed by atoms with Crippen molar-refractivity contribution in [3.63, 3.8) is 0 Å². The van der Waals surface area contributed by atoms with Crippen LogP contribution in [0.15, 0.2) is 6.07 Å². The number of urea groups is 1.